The van der Waals surface area contributed by atoms with Crippen LogP contribution in [0.15, 0.2) is 47.4 Å². The van der Waals surface area contributed by atoms with Crippen LogP contribution in [0, 0.1) is 5.92 Å². The molecule has 0 radical (unpaired) electrons. The average Bonchev–Trinajstić information content (AvgIpc) is 2.94. The monoisotopic (exact) mass is 591 g/mol. The number of sulfonamides is 1. The molecule has 10 nitrogen and oxygen atoms in total. The van der Waals surface area contributed by atoms with Gasteiger partial charge in [-0.05, 0) is 89.7 Å². The molecule has 0 spiro atoms. The summed E-state index contributed by atoms with van der Waals surface area (Å²) in [7, 11) is 1.55. The molecule has 0 aliphatic carbocycles. The average molecular weight is 592 g/mol. The number of fused-ring (bicyclic) bond motifs is 1. The number of nitrogens with one attached hydrogen (secondary N) is 1. The lowest BCUT2D eigenvalue weighted by Crippen LogP contribution is -2.47. The summed E-state index contributed by atoms with van der Waals surface area (Å²) in [4.78, 5) is 17.9. The van der Waals surface area contributed by atoms with Gasteiger partial charge in [0.25, 0.3) is 15.9 Å². The van der Waals surface area contributed by atoms with E-state index in [-0.39, 0.29) is 46.8 Å². The van der Waals surface area contributed by atoms with Gasteiger partial charge in [-0.25, -0.2) is 8.42 Å². The molecule has 3 rings (SSSR count). The number of aliphatic hydroxyl groups is 1. The zero-order chi connectivity index (χ0) is 30.2. The number of likely N-dealkylation sites (N-methyl/N-ethyl adjacent to an activating group) is 1. The Kier molecular flexibility index (Phi) is 11.8. The van der Waals surface area contributed by atoms with Crippen LogP contribution in [-0.2, 0) is 14.8 Å². The second kappa shape index (κ2) is 14.9. The summed E-state index contributed by atoms with van der Waals surface area (Å²) in [6.07, 6.45) is 2.28. The molecule has 1 amide bonds. The minimum atomic E-state index is -3.94. The summed E-state index contributed by atoms with van der Waals surface area (Å²) in [6.45, 7) is 7.21. The molecule has 1 heterocycles. The van der Waals surface area contributed by atoms with Gasteiger partial charge in [-0.1, -0.05) is 6.92 Å². The maximum absolute atomic E-state index is 14.1. The molecule has 2 aromatic carbocycles. The number of amides is 1. The lowest BCUT2D eigenvalue weighted by molar-refractivity contribution is -0.0137. The van der Waals surface area contributed by atoms with E-state index in [1.165, 1.54) is 25.3 Å². The summed E-state index contributed by atoms with van der Waals surface area (Å²) in [5.74, 6) is 0.526. The Morgan fingerprint density at radius 1 is 1.15 bits per heavy atom. The van der Waals surface area contributed by atoms with E-state index in [0.717, 1.165) is 19.3 Å². The number of hydrogen-bond donors (Lipinski definition) is 2. The quantitative estimate of drug-likeness (QED) is 0.476. The van der Waals surface area contributed by atoms with Crippen molar-refractivity contribution in [2.24, 2.45) is 5.92 Å². The van der Waals surface area contributed by atoms with Crippen LogP contribution in [0.25, 0.3) is 0 Å². The van der Waals surface area contributed by atoms with Crippen molar-refractivity contribution in [3.8, 4) is 11.5 Å². The lowest BCUT2D eigenvalue weighted by Gasteiger charge is -2.35. The van der Waals surface area contributed by atoms with E-state index >= 15 is 0 Å². The van der Waals surface area contributed by atoms with E-state index in [2.05, 4.69) is 9.62 Å². The van der Waals surface area contributed by atoms with Crippen molar-refractivity contribution in [1.82, 2.24) is 9.80 Å². The Bertz CT molecular complexity index is 1240. The highest BCUT2D eigenvalue weighted by molar-refractivity contribution is 7.92. The topological polar surface area (TPSA) is 118 Å². The molecule has 2 aromatic rings. The van der Waals surface area contributed by atoms with Crippen LogP contribution >= 0.6 is 0 Å². The number of benzene rings is 2. The van der Waals surface area contributed by atoms with Crippen molar-refractivity contribution in [3.05, 3.63) is 48.0 Å². The number of rotatable bonds is 8. The highest BCUT2D eigenvalue weighted by atomic mass is 32.2. The largest absolute Gasteiger partial charge is 0.497 e. The molecular weight excluding hydrogens is 546 g/mol. The van der Waals surface area contributed by atoms with Crippen LogP contribution < -0.4 is 14.2 Å². The number of hydrogen-bond acceptors (Lipinski definition) is 8. The third kappa shape index (κ3) is 9.06. The number of carbonyl (C=O) groups excluding carboxylic acids is 1. The molecule has 0 saturated heterocycles. The molecule has 0 bridgehead atoms. The van der Waals surface area contributed by atoms with Crippen molar-refractivity contribution < 1.29 is 32.5 Å². The molecule has 228 valence electrons. The highest BCUT2D eigenvalue weighted by Crippen LogP contribution is 2.29. The first-order valence-corrected chi connectivity index (χ1v) is 15.6. The number of methoxy groups -OCH3 is 1. The molecule has 1 aliphatic rings. The van der Waals surface area contributed by atoms with E-state index in [9.17, 15) is 18.3 Å². The molecule has 0 aromatic heterocycles. The molecule has 0 fully saturated rings. The van der Waals surface area contributed by atoms with E-state index in [0.29, 0.717) is 31.2 Å². The first kappa shape index (κ1) is 32.7. The first-order chi connectivity index (χ1) is 19.4. The van der Waals surface area contributed by atoms with Crippen LogP contribution in [0.1, 0.15) is 50.4 Å². The second-order valence-electron chi connectivity index (χ2n) is 11.1. The van der Waals surface area contributed by atoms with Crippen molar-refractivity contribution in [2.75, 3.05) is 52.2 Å². The minimum absolute atomic E-state index is 0.0293. The van der Waals surface area contributed by atoms with Gasteiger partial charge in [-0.15, -0.1) is 0 Å². The van der Waals surface area contributed by atoms with Gasteiger partial charge in [0.1, 0.15) is 11.5 Å². The fourth-order valence-corrected chi connectivity index (χ4v) is 5.83. The zero-order valence-electron chi connectivity index (χ0n) is 25.0. The first-order valence-electron chi connectivity index (χ1n) is 14.1. The van der Waals surface area contributed by atoms with Crippen molar-refractivity contribution in [3.63, 3.8) is 0 Å². The van der Waals surface area contributed by atoms with E-state index in [4.69, 9.17) is 14.2 Å². The maximum Gasteiger partial charge on any atom is 0.261 e. The van der Waals surface area contributed by atoms with Gasteiger partial charge >= 0.3 is 0 Å². The summed E-state index contributed by atoms with van der Waals surface area (Å²) in [6, 6.07) is 10.3. The molecule has 2 N–H and O–H groups in total. The van der Waals surface area contributed by atoms with Gasteiger partial charge < -0.3 is 29.1 Å². The summed E-state index contributed by atoms with van der Waals surface area (Å²) < 4.78 is 46.5. The van der Waals surface area contributed by atoms with Gasteiger partial charge in [-0.2, -0.15) is 0 Å². The number of anilines is 1. The van der Waals surface area contributed by atoms with E-state index in [1.54, 1.807) is 36.1 Å². The Morgan fingerprint density at radius 3 is 2.49 bits per heavy atom. The molecule has 41 heavy (non-hydrogen) atoms. The number of nitrogens with zero attached hydrogens (tertiary/aromatic N) is 2. The van der Waals surface area contributed by atoms with Gasteiger partial charge in [0.15, 0.2) is 0 Å². The number of carbonyl (C=O) groups is 1. The molecule has 0 saturated carbocycles. The predicted octanol–water partition coefficient (Wildman–Crippen LogP) is 3.85. The van der Waals surface area contributed by atoms with Gasteiger partial charge in [-0.3, -0.25) is 9.52 Å². The van der Waals surface area contributed by atoms with Crippen molar-refractivity contribution >= 4 is 21.6 Å². The van der Waals surface area contributed by atoms with E-state index < -0.39 is 16.1 Å². The lowest BCUT2D eigenvalue weighted by atomic mass is 10.0. The van der Waals surface area contributed by atoms with Gasteiger partial charge in [0, 0.05) is 31.3 Å². The SMILES string of the molecule is COc1ccc(S(=O)(=O)Nc2ccc3c(c2)C(=O)N([C@H](C)CO)C[C@H](C)[C@H](CN(C)C)OCCCC[C@@H](C)O3)cc1. The number of aliphatic hydroxyl groups excluding tert-OH is 1. The molecule has 0 unspecified atom stereocenters. The Hall–Kier alpha value is -2.86. The highest BCUT2D eigenvalue weighted by Gasteiger charge is 2.30. The zero-order valence-corrected chi connectivity index (χ0v) is 25.8. The van der Waals surface area contributed by atoms with E-state index in [1.807, 2.05) is 27.9 Å². The Morgan fingerprint density at radius 2 is 1.85 bits per heavy atom. The number of ether oxygens (including phenoxy) is 3. The standard InChI is InChI=1S/C30H45N3O7S/c1-21-18-33(22(2)20-34)30(35)27-17-24(31-41(36,37)26-13-11-25(38-6)12-14-26)10-15-28(27)40-23(3)9-7-8-16-39-29(21)19-32(4)5/h10-15,17,21-23,29,31,34H,7-9,16,18-20H2,1-6H3/t21-,22+,23+,29-/m0/s1. The minimum Gasteiger partial charge on any atom is -0.497 e. The third-order valence-electron chi connectivity index (χ3n) is 7.22. The second-order valence-corrected chi connectivity index (χ2v) is 12.7. The third-order valence-corrected chi connectivity index (χ3v) is 8.62. The van der Waals surface area contributed by atoms with Crippen LogP contribution in [0.3, 0.4) is 0 Å². The van der Waals surface area contributed by atoms with Crippen LogP contribution in [0.5, 0.6) is 11.5 Å². The fraction of sp³-hybridized carbons (Fsp3) is 0.567. The van der Waals surface area contributed by atoms with Crippen LogP contribution in [0.2, 0.25) is 0 Å². The summed E-state index contributed by atoms with van der Waals surface area (Å²) in [5, 5.41) is 10.1. The summed E-state index contributed by atoms with van der Waals surface area (Å²) >= 11 is 0. The van der Waals surface area contributed by atoms with Crippen LogP contribution in [0.4, 0.5) is 5.69 Å². The van der Waals surface area contributed by atoms with Crippen molar-refractivity contribution in [2.45, 2.75) is 63.2 Å². The normalized spacial score (nSPS) is 21.9. The molecule has 4 atom stereocenters. The molecule has 11 heteroatoms. The predicted molar refractivity (Wildman–Crippen MR) is 159 cm³/mol. The van der Waals surface area contributed by atoms with Gasteiger partial charge in [0.05, 0.1) is 42.4 Å². The van der Waals surface area contributed by atoms with Gasteiger partial charge in [0.2, 0.25) is 0 Å². The Balaban J connectivity index is 2.01. The Labute approximate surface area is 244 Å². The molecule has 1 aliphatic heterocycles. The van der Waals surface area contributed by atoms with Crippen molar-refractivity contribution in [1.29, 1.82) is 0 Å². The van der Waals surface area contributed by atoms with Crippen LogP contribution in [-0.4, -0.2) is 95.0 Å². The maximum atomic E-state index is 14.1. The fourth-order valence-electron chi connectivity index (χ4n) is 4.78. The molecular formula is C30H45N3O7S. The summed E-state index contributed by atoms with van der Waals surface area (Å²) in [5.41, 5.74) is 0.449. The smallest absolute Gasteiger partial charge is 0.261 e.